The van der Waals surface area contributed by atoms with E-state index in [4.69, 9.17) is 0 Å². The van der Waals surface area contributed by atoms with Crippen molar-refractivity contribution in [3.8, 4) is 0 Å². The lowest BCUT2D eigenvalue weighted by molar-refractivity contribution is 0.0819. The maximum atomic E-state index is 12.7. The maximum Gasteiger partial charge on any atom is 0.166 e. The zero-order chi connectivity index (χ0) is 14.9. The minimum Gasteiger partial charge on any atom is -0.294 e. The van der Waals surface area contributed by atoms with E-state index in [2.05, 4.69) is 46.8 Å². The molecule has 0 unspecified atom stereocenters. The minimum absolute atomic E-state index is 0.245. The normalized spacial score (nSPS) is 23.6. The molecule has 1 aromatic carbocycles. The van der Waals surface area contributed by atoms with Crippen LogP contribution in [0.5, 0.6) is 0 Å². The Labute approximate surface area is 123 Å². The lowest BCUT2D eigenvalue weighted by Gasteiger charge is -2.36. The molecule has 20 heavy (non-hydrogen) atoms. The Bertz CT molecular complexity index is 485. The molecule has 0 radical (unpaired) electrons. The third kappa shape index (κ3) is 3.31. The Morgan fingerprint density at radius 1 is 1.05 bits per heavy atom. The molecule has 110 valence electrons. The molecule has 0 atom stereocenters. The number of hydrogen-bond acceptors (Lipinski definition) is 1. The van der Waals surface area contributed by atoms with Crippen LogP contribution in [-0.4, -0.2) is 5.78 Å². The highest BCUT2D eigenvalue weighted by Crippen LogP contribution is 2.40. The zero-order valence-electron chi connectivity index (χ0n) is 13.6. The highest BCUT2D eigenvalue weighted by atomic mass is 16.1. The second kappa shape index (κ2) is 5.71. The van der Waals surface area contributed by atoms with Crippen molar-refractivity contribution in [3.63, 3.8) is 0 Å². The summed E-state index contributed by atoms with van der Waals surface area (Å²) in [5.74, 6) is 1.38. The Hall–Kier alpha value is -1.11. The monoisotopic (exact) mass is 272 g/mol. The van der Waals surface area contributed by atoms with Gasteiger partial charge in [-0.3, -0.25) is 4.79 Å². The maximum absolute atomic E-state index is 12.7. The van der Waals surface area contributed by atoms with Crippen LogP contribution in [0.1, 0.15) is 67.9 Å². The smallest absolute Gasteiger partial charge is 0.166 e. The number of Topliss-reactive ketones (excluding diaryl/α,β-unsaturated/α-hetero) is 1. The van der Waals surface area contributed by atoms with Crippen molar-refractivity contribution in [3.05, 3.63) is 34.9 Å². The lowest BCUT2D eigenvalue weighted by atomic mass is 9.68. The molecule has 0 N–H and O–H groups in total. The van der Waals surface area contributed by atoms with Gasteiger partial charge in [0.2, 0.25) is 0 Å². The number of carbonyl (C=O) groups is 1. The van der Waals surface area contributed by atoms with E-state index in [0.717, 1.165) is 29.9 Å². The molecule has 0 heterocycles. The van der Waals surface area contributed by atoms with E-state index in [1.165, 1.54) is 18.4 Å². The van der Waals surface area contributed by atoms with Gasteiger partial charge in [0.05, 0.1) is 0 Å². The van der Waals surface area contributed by atoms with E-state index in [0.29, 0.717) is 11.2 Å². The molecule has 0 bridgehead atoms. The standard InChI is InChI=1S/C19H28O/c1-13-6-11-17(14(2)12-13)18(20)15-7-9-16(10-8-15)19(3,4)5/h6,11-12,15-16H,7-10H2,1-5H3. The average molecular weight is 272 g/mol. The molecule has 0 aromatic heterocycles. The van der Waals surface area contributed by atoms with Crippen LogP contribution in [0.3, 0.4) is 0 Å². The van der Waals surface area contributed by atoms with Crippen LogP contribution < -0.4 is 0 Å². The van der Waals surface area contributed by atoms with Gasteiger partial charge in [0.1, 0.15) is 0 Å². The van der Waals surface area contributed by atoms with Gasteiger partial charge in [-0.15, -0.1) is 0 Å². The van der Waals surface area contributed by atoms with Crippen molar-refractivity contribution in [2.45, 2.75) is 60.3 Å². The fourth-order valence-electron chi connectivity index (χ4n) is 3.53. The molecule has 0 amide bonds. The minimum atomic E-state index is 0.245. The first kappa shape index (κ1) is 15.3. The zero-order valence-corrected chi connectivity index (χ0v) is 13.6. The van der Waals surface area contributed by atoms with Gasteiger partial charge in [0.15, 0.2) is 5.78 Å². The van der Waals surface area contributed by atoms with E-state index in [-0.39, 0.29) is 5.92 Å². The molecule has 1 saturated carbocycles. The van der Waals surface area contributed by atoms with Gasteiger partial charge in [0, 0.05) is 11.5 Å². The van der Waals surface area contributed by atoms with Gasteiger partial charge in [-0.25, -0.2) is 0 Å². The molecular weight excluding hydrogens is 244 g/mol. The Morgan fingerprint density at radius 2 is 1.65 bits per heavy atom. The first-order valence-electron chi connectivity index (χ1n) is 7.90. The van der Waals surface area contributed by atoms with Gasteiger partial charge in [-0.05, 0) is 56.4 Å². The summed E-state index contributed by atoms with van der Waals surface area (Å²) in [6.45, 7) is 11.1. The van der Waals surface area contributed by atoms with Crippen LogP contribution in [0.4, 0.5) is 0 Å². The van der Waals surface area contributed by atoms with Gasteiger partial charge in [-0.1, -0.05) is 44.5 Å². The lowest BCUT2D eigenvalue weighted by Crippen LogP contribution is -2.29. The number of ketones is 1. The van der Waals surface area contributed by atoms with Crippen LogP contribution in [0.25, 0.3) is 0 Å². The number of benzene rings is 1. The first-order chi connectivity index (χ1) is 9.29. The number of hydrogen-bond donors (Lipinski definition) is 0. The van der Waals surface area contributed by atoms with Crippen molar-refractivity contribution < 1.29 is 4.79 Å². The van der Waals surface area contributed by atoms with Crippen LogP contribution in [0, 0.1) is 31.1 Å². The Balaban J connectivity index is 2.05. The molecule has 1 aromatic rings. The van der Waals surface area contributed by atoms with E-state index in [1.807, 2.05) is 6.07 Å². The first-order valence-corrected chi connectivity index (χ1v) is 7.90. The average Bonchev–Trinajstić information content (AvgIpc) is 2.37. The van der Waals surface area contributed by atoms with Crippen LogP contribution in [0.15, 0.2) is 18.2 Å². The second-order valence-electron chi connectivity index (χ2n) is 7.60. The Morgan fingerprint density at radius 3 is 2.15 bits per heavy atom. The van der Waals surface area contributed by atoms with E-state index in [1.54, 1.807) is 0 Å². The summed E-state index contributed by atoms with van der Waals surface area (Å²) in [7, 11) is 0. The van der Waals surface area contributed by atoms with E-state index in [9.17, 15) is 4.79 Å². The van der Waals surface area contributed by atoms with Crippen LogP contribution in [0.2, 0.25) is 0 Å². The highest BCUT2D eigenvalue weighted by Gasteiger charge is 2.32. The molecule has 1 aliphatic carbocycles. The summed E-state index contributed by atoms with van der Waals surface area (Å²) >= 11 is 0. The van der Waals surface area contributed by atoms with E-state index >= 15 is 0 Å². The molecule has 1 heteroatoms. The summed E-state index contributed by atoms with van der Waals surface area (Å²) in [4.78, 5) is 12.7. The fourth-order valence-corrected chi connectivity index (χ4v) is 3.53. The second-order valence-corrected chi connectivity index (χ2v) is 7.60. The predicted molar refractivity (Wildman–Crippen MR) is 85.1 cm³/mol. The molecule has 0 aliphatic heterocycles. The largest absolute Gasteiger partial charge is 0.294 e. The quantitative estimate of drug-likeness (QED) is 0.664. The molecular formula is C19H28O. The number of rotatable bonds is 2. The fraction of sp³-hybridized carbons (Fsp3) is 0.632. The van der Waals surface area contributed by atoms with Gasteiger partial charge >= 0.3 is 0 Å². The summed E-state index contributed by atoms with van der Waals surface area (Å²) in [5, 5.41) is 0. The topological polar surface area (TPSA) is 17.1 Å². The van der Waals surface area contributed by atoms with Gasteiger partial charge in [-0.2, -0.15) is 0 Å². The highest BCUT2D eigenvalue weighted by molar-refractivity contribution is 5.99. The molecule has 0 spiro atoms. The summed E-state index contributed by atoms with van der Waals surface area (Å²) in [5.41, 5.74) is 3.69. The van der Waals surface area contributed by atoms with Crippen molar-refractivity contribution in [1.29, 1.82) is 0 Å². The van der Waals surface area contributed by atoms with Gasteiger partial charge in [0.25, 0.3) is 0 Å². The van der Waals surface area contributed by atoms with Crippen LogP contribution in [-0.2, 0) is 0 Å². The predicted octanol–water partition coefficient (Wildman–Crippen LogP) is 5.34. The Kier molecular flexibility index (Phi) is 4.36. The molecule has 1 fully saturated rings. The van der Waals surface area contributed by atoms with Crippen molar-refractivity contribution in [2.75, 3.05) is 0 Å². The summed E-state index contributed by atoms with van der Waals surface area (Å²) in [6, 6.07) is 6.19. The SMILES string of the molecule is Cc1ccc(C(=O)C2CCC(C(C)(C)C)CC2)c(C)c1. The molecule has 0 saturated heterocycles. The number of carbonyl (C=O) groups excluding carboxylic acids is 1. The third-order valence-corrected chi connectivity index (χ3v) is 4.97. The molecule has 2 rings (SSSR count). The van der Waals surface area contributed by atoms with Crippen molar-refractivity contribution in [1.82, 2.24) is 0 Å². The van der Waals surface area contributed by atoms with Crippen LogP contribution >= 0.6 is 0 Å². The van der Waals surface area contributed by atoms with Crippen molar-refractivity contribution in [2.24, 2.45) is 17.3 Å². The van der Waals surface area contributed by atoms with Crippen molar-refractivity contribution >= 4 is 5.78 Å². The summed E-state index contributed by atoms with van der Waals surface area (Å²) < 4.78 is 0. The number of aryl methyl sites for hydroxylation is 2. The molecule has 1 nitrogen and oxygen atoms in total. The molecule has 1 aliphatic rings. The third-order valence-electron chi connectivity index (χ3n) is 4.97. The van der Waals surface area contributed by atoms with E-state index < -0.39 is 0 Å². The summed E-state index contributed by atoms with van der Waals surface area (Å²) in [6.07, 6.45) is 4.53. The van der Waals surface area contributed by atoms with Gasteiger partial charge < -0.3 is 0 Å².